The van der Waals surface area contributed by atoms with Crippen LogP contribution in [0.15, 0.2) is 47.3 Å². The predicted molar refractivity (Wildman–Crippen MR) is 79.5 cm³/mol. The quantitative estimate of drug-likeness (QED) is 0.646. The van der Waals surface area contributed by atoms with Crippen molar-refractivity contribution in [3.8, 4) is 0 Å². The van der Waals surface area contributed by atoms with Crippen LogP contribution in [0.2, 0.25) is 0 Å². The first-order valence-electron chi connectivity index (χ1n) is 6.25. The maximum absolute atomic E-state index is 11.6. The Morgan fingerprint density at radius 1 is 1.50 bits per heavy atom. The molecule has 0 saturated heterocycles. The van der Waals surface area contributed by atoms with E-state index in [4.69, 9.17) is 10.5 Å². The number of rotatable bonds is 6. The van der Waals surface area contributed by atoms with E-state index >= 15 is 0 Å². The van der Waals surface area contributed by atoms with Crippen molar-refractivity contribution in [3.05, 3.63) is 48.6 Å². The van der Waals surface area contributed by atoms with Gasteiger partial charge >= 0.3 is 6.09 Å². The van der Waals surface area contributed by atoms with Crippen LogP contribution < -0.4 is 5.73 Å². The van der Waals surface area contributed by atoms with E-state index < -0.39 is 22.8 Å². The molecule has 1 aromatic carbocycles. The average molecular weight is 295 g/mol. The first-order valence-corrected chi connectivity index (χ1v) is 7.52. The zero-order valence-electron chi connectivity index (χ0n) is 11.4. The highest BCUT2D eigenvalue weighted by molar-refractivity contribution is 7.75. The summed E-state index contributed by atoms with van der Waals surface area (Å²) < 4.78 is 20.1. The Balaban J connectivity index is 2.54. The van der Waals surface area contributed by atoms with Gasteiger partial charge < -0.3 is 14.7 Å². The highest BCUT2D eigenvalue weighted by Gasteiger charge is 2.08. The van der Waals surface area contributed by atoms with Gasteiger partial charge in [0.1, 0.15) is 6.10 Å². The van der Waals surface area contributed by atoms with E-state index in [0.717, 1.165) is 5.56 Å². The molecule has 5 nitrogen and oxygen atoms in total. The van der Waals surface area contributed by atoms with Crippen LogP contribution in [-0.4, -0.2) is 17.9 Å². The fraction of sp³-hybridized carbons (Fsp3) is 0.357. The van der Waals surface area contributed by atoms with Gasteiger partial charge in [0.25, 0.3) is 0 Å². The molecule has 6 heteroatoms. The summed E-state index contributed by atoms with van der Waals surface area (Å²) in [6.07, 6.45) is 0.880. The van der Waals surface area contributed by atoms with Crippen molar-refractivity contribution in [3.63, 3.8) is 0 Å². The lowest BCUT2D eigenvalue weighted by molar-refractivity contribution is 0.117. The second-order valence-electron chi connectivity index (χ2n) is 4.30. The first kappa shape index (κ1) is 16.4. The van der Waals surface area contributed by atoms with Crippen LogP contribution in [0.3, 0.4) is 0 Å². The Labute approximate surface area is 121 Å². The lowest BCUT2D eigenvalue weighted by Crippen LogP contribution is -2.24. The van der Waals surface area contributed by atoms with Gasteiger partial charge in [-0.1, -0.05) is 42.2 Å². The summed E-state index contributed by atoms with van der Waals surface area (Å²) in [6, 6.07) is 8.94. The molecule has 1 amide bonds. The fourth-order valence-corrected chi connectivity index (χ4v) is 2.34. The molecule has 0 aromatic heterocycles. The number of amides is 1. The van der Waals surface area contributed by atoms with E-state index in [0.29, 0.717) is 6.42 Å². The molecule has 0 aliphatic rings. The van der Waals surface area contributed by atoms with Crippen molar-refractivity contribution in [2.45, 2.75) is 25.5 Å². The molecule has 0 aliphatic heterocycles. The van der Waals surface area contributed by atoms with Gasteiger partial charge in [0.2, 0.25) is 0 Å². The number of hydrogen-bond donors (Lipinski definition) is 1. The van der Waals surface area contributed by atoms with Crippen LogP contribution in [0.1, 0.15) is 25.0 Å². The Morgan fingerprint density at radius 3 is 2.75 bits per heavy atom. The number of hydrogen-bond acceptors (Lipinski definition) is 5. The van der Waals surface area contributed by atoms with Crippen LogP contribution in [0.4, 0.5) is 4.79 Å². The molecule has 0 spiro atoms. The van der Waals surface area contributed by atoms with E-state index in [1.807, 2.05) is 30.3 Å². The number of ether oxygens (including phenoxy) is 1. The molecule has 0 bridgehead atoms. The van der Waals surface area contributed by atoms with Gasteiger partial charge in [-0.2, -0.15) is 10.6 Å². The highest BCUT2D eigenvalue weighted by Crippen LogP contribution is 2.16. The van der Waals surface area contributed by atoms with Crippen LogP contribution in [-0.2, 0) is 19.5 Å². The second-order valence-corrected chi connectivity index (χ2v) is 5.46. The maximum atomic E-state index is 11.6. The highest BCUT2D eigenvalue weighted by atomic mass is 32.2. The molecule has 2 atom stereocenters. The molecule has 0 fully saturated rings. The minimum Gasteiger partial charge on any atom is -0.444 e. The Hall–Kier alpha value is -1.66. The largest absolute Gasteiger partial charge is 0.444 e. The summed E-state index contributed by atoms with van der Waals surface area (Å²) in [5.41, 5.74) is 6.53. The van der Waals surface area contributed by atoms with Gasteiger partial charge in [-0.05, 0) is 24.9 Å². The van der Waals surface area contributed by atoms with Gasteiger partial charge in [0.15, 0.2) is 0 Å². The van der Waals surface area contributed by atoms with Crippen molar-refractivity contribution in [2.75, 3.05) is 5.75 Å². The zero-order chi connectivity index (χ0) is 15.0. The van der Waals surface area contributed by atoms with E-state index in [1.165, 1.54) is 0 Å². The summed E-state index contributed by atoms with van der Waals surface area (Å²) in [5.74, 6) is 0.112. The molecule has 1 rings (SSSR count). The van der Waals surface area contributed by atoms with E-state index in [2.05, 4.69) is 10.9 Å². The lowest BCUT2D eigenvalue weighted by Gasteiger charge is -2.14. The molecular weight excluding hydrogens is 276 g/mol. The number of carbonyl (C=O) groups excluding carboxylic acids is 1. The van der Waals surface area contributed by atoms with Crippen LogP contribution in [0.5, 0.6) is 0 Å². The van der Waals surface area contributed by atoms with Crippen molar-refractivity contribution >= 4 is 16.7 Å². The normalized spacial score (nSPS) is 15.3. The SMILES string of the molecule is C=CC[C@H](N)C[S-](=O)=NC(=O)O[C@@H](C)c1ccccc1. The standard InChI is InChI=1S/C14H19N2O3S/c1-3-7-13(15)10-20(18)16-14(17)19-11(2)12-8-5-4-6-9-12/h3-6,8-9,11,13H,1,7,10,15H2,2H3/q-1/t11-,13-/m0/s1. The third-order valence-electron chi connectivity index (χ3n) is 2.55. The summed E-state index contributed by atoms with van der Waals surface area (Å²) in [4.78, 5) is 11.5. The predicted octanol–water partition coefficient (Wildman–Crippen LogP) is 2.94. The number of nitrogens with two attached hydrogens (primary N) is 1. The van der Waals surface area contributed by atoms with Crippen molar-refractivity contribution < 1.29 is 13.7 Å². The van der Waals surface area contributed by atoms with Gasteiger partial charge in [-0.15, -0.1) is 6.58 Å². The summed E-state index contributed by atoms with van der Waals surface area (Å²) in [7, 11) is -1.68. The summed E-state index contributed by atoms with van der Waals surface area (Å²) >= 11 is 0. The van der Waals surface area contributed by atoms with Gasteiger partial charge in [0, 0.05) is 0 Å². The molecule has 2 N–H and O–H groups in total. The van der Waals surface area contributed by atoms with Crippen molar-refractivity contribution in [1.29, 1.82) is 0 Å². The van der Waals surface area contributed by atoms with Crippen LogP contribution >= 0.6 is 0 Å². The van der Waals surface area contributed by atoms with Crippen molar-refractivity contribution in [2.24, 2.45) is 10.1 Å². The number of carbonyl (C=O) groups is 1. The van der Waals surface area contributed by atoms with Crippen LogP contribution in [0, 0.1) is 0 Å². The molecule has 0 aliphatic carbocycles. The Morgan fingerprint density at radius 2 is 2.15 bits per heavy atom. The molecule has 0 radical (unpaired) electrons. The molecule has 0 heterocycles. The minimum absolute atomic E-state index is 0.112. The van der Waals surface area contributed by atoms with E-state index in [-0.39, 0.29) is 11.8 Å². The van der Waals surface area contributed by atoms with Gasteiger partial charge in [-0.3, -0.25) is 4.36 Å². The number of benzene rings is 1. The molecule has 0 saturated carbocycles. The molecule has 1 aromatic rings. The summed E-state index contributed by atoms with van der Waals surface area (Å²) in [5, 5.41) is 0. The summed E-state index contributed by atoms with van der Waals surface area (Å²) in [6.45, 7) is 5.27. The fourth-order valence-electron chi connectivity index (χ4n) is 1.55. The minimum atomic E-state index is -1.68. The topological polar surface area (TPSA) is 81.8 Å². The first-order chi connectivity index (χ1) is 9.52. The lowest BCUT2D eigenvalue weighted by atomic mass is 10.1. The van der Waals surface area contributed by atoms with E-state index in [9.17, 15) is 9.00 Å². The molecular formula is C14H19N2O3S-. The van der Waals surface area contributed by atoms with Gasteiger partial charge in [-0.25, -0.2) is 4.79 Å². The Kier molecular flexibility index (Phi) is 6.97. The third-order valence-corrected chi connectivity index (χ3v) is 3.62. The Bertz CT molecular complexity index is 524. The smallest absolute Gasteiger partial charge is 0.410 e. The zero-order valence-corrected chi connectivity index (χ0v) is 12.2. The third kappa shape index (κ3) is 5.99. The van der Waals surface area contributed by atoms with Crippen molar-refractivity contribution in [1.82, 2.24) is 0 Å². The van der Waals surface area contributed by atoms with Crippen LogP contribution in [0.25, 0.3) is 0 Å². The maximum Gasteiger partial charge on any atom is 0.410 e. The van der Waals surface area contributed by atoms with E-state index in [1.54, 1.807) is 13.0 Å². The number of nitrogens with zero attached hydrogens (tertiary/aromatic N) is 1. The average Bonchev–Trinajstić information content (AvgIpc) is 2.39. The molecule has 0 unspecified atom stereocenters. The monoisotopic (exact) mass is 295 g/mol. The molecule has 20 heavy (non-hydrogen) atoms. The second kappa shape index (κ2) is 8.50. The van der Waals surface area contributed by atoms with Gasteiger partial charge in [0.05, 0.1) is 0 Å². The molecule has 110 valence electrons.